The van der Waals surface area contributed by atoms with Crippen LogP contribution in [0, 0.1) is 71.5 Å². The minimum atomic E-state index is -5.06. The van der Waals surface area contributed by atoms with Crippen molar-refractivity contribution in [2.24, 2.45) is 96.2 Å². The van der Waals surface area contributed by atoms with E-state index in [2.05, 4.69) is 31.5 Å². The number of allylic oxidation sites excluding steroid dienone is 3. The number of guanidine groups is 1. The number of nitrogens with zero attached hydrogens (tertiary/aromatic N) is 10. The molecule has 20 N–H and O–H groups in total. The van der Waals surface area contributed by atoms with Crippen LogP contribution < -0.4 is 51.2 Å². The molecule has 8 bridgehead atoms. The van der Waals surface area contributed by atoms with Crippen molar-refractivity contribution in [2.75, 3.05) is 19.7 Å². The number of carbonyl (C=O) groups excluding carboxylic acids is 7. The van der Waals surface area contributed by atoms with Crippen molar-refractivity contribution in [1.29, 1.82) is 0 Å². The van der Waals surface area contributed by atoms with Crippen LogP contribution in [0.2, 0.25) is 0 Å². The molecule has 7 amide bonds. The van der Waals surface area contributed by atoms with Crippen molar-refractivity contribution in [2.45, 2.75) is 214 Å². The van der Waals surface area contributed by atoms with E-state index in [9.17, 15) is 53.2 Å². The van der Waals surface area contributed by atoms with Gasteiger partial charge in [0.25, 0.3) is 0 Å². The van der Waals surface area contributed by atoms with Crippen molar-refractivity contribution < 1.29 is 83.8 Å². The third kappa shape index (κ3) is 18.3. The standard InChI is InChI=1S/C62H92N13O14P.C13H13N6.Co/c1-29-20-39-40(21-30(29)2)75(28-70-39)57-52(84)53(41(27-76)87-57)89-90(85,86)88-31(3)26-69-49(83)18-19-59(8)37(22-46(66)80)56-62(11)61(10,25-48(68)82)36(14-17-45(65)79)51(74-62)33(5)55-60(9,24-47(67)81)34(12-15-43(63)77)38(71-55)23-42-58(6,7)35(13-16-44(64)78)50(72-42)32(4)54(59)73-56;1-2-10-3-5-11(6-4-10)12-9-19(18-17-12)8-7-16-13(14)15;/h20-21,23,28,31,34-37,41-42,50-53,56-57,76,84H,12-19,22,24-27H2,1-11H3,(H2,63,77)(H2,64,78)(H2,65,79)(H2,66,80)(H2,67,81)(H2,68,82)(H,69,83)(H,85,86);3-6,9H,7-8H2,(H4,14,15,16);/q-4;-1;/b38-23-,54-32-,55-33-;;/t31-,34-,35-,36-,37+,41-,42?,50?,51?,52-,53-,56-,57+,59-,60+,61+,62+;;/m1../s1. The summed E-state index contributed by atoms with van der Waals surface area (Å²) in [5, 5.41) is 55.0. The van der Waals surface area contributed by atoms with Crippen molar-refractivity contribution in [1.82, 2.24) is 29.9 Å². The number of benzene rings is 2. The molecule has 5 saturated heterocycles. The number of fused-ring (bicyclic) bond motifs is 10. The van der Waals surface area contributed by atoms with Crippen LogP contribution in [0.25, 0.3) is 43.6 Å². The minimum absolute atomic E-state index is 0. The van der Waals surface area contributed by atoms with E-state index in [-0.39, 0.29) is 99.9 Å². The fourth-order valence-electron chi connectivity index (χ4n) is 17.6. The Bertz CT molecular complexity index is 4360. The number of aliphatic hydroxyl groups is 2. The molecule has 10 rings (SSSR count). The average molecular weight is 1590 g/mol. The van der Waals surface area contributed by atoms with Crippen LogP contribution in [-0.4, -0.2) is 161 Å². The second-order valence-corrected chi connectivity index (χ2v) is 32.8. The first-order valence-corrected chi connectivity index (χ1v) is 38.0. The number of amides is 7. The maximum atomic E-state index is 14.4. The summed E-state index contributed by atoms with van der Waals surface area (Å²) in [5.74, 6) is -4.53. The van der Waals surface area contributed by atoms with Gasteiger partial charge in [-0.1, -0.05) is 58.9 Å². The van der Waals surface area contributed by atoms with Gasteiger partial charge in [-0.05, 0) is 129 Å². The summed E-state index contributed by atoms with van der Waals surface area (Å²) in [6.45, 7) is 20.5. The Labute approximate surface area is 651 Å². The molecular formula is C75H105CoN19O14P-5. The molecule has 35 heteroatoms. The summed E-state index contributed by atoms with van der Waals surface area (Å²) < 4.78 is 34.0. The van der Waals surface area contributed by atoms with Crippen molar-refractivity contribution >= 4 is 66.2 Å². The number of ether oxygens (including phenoxy) is 1. The first kappa shape index (κ1) is 87.0. The van der Waals surface area contributed by atoms with Gasteiger partial charge in [0.2, 0.25) is 41.4 Å². The van der Waals surface area contributed by atoms with Gasteiger partial charge < -0.3 is 103 Å². The third-order valence-corrected chi connectivity index (χ3v) is 24.8. The number of phosphoric ester groups is 1. The summed E-state index contributed by atoms with van der Waals surface area (Å²) in [6, 6.07) is 7.89. The van der Waals surface area contributed by atoms with Crippen LogP contribution in [0.5, 0.6) is 0 Å². The van der Waals surface area contributed by atoms with Gasteiger partial charge in [-0.15, -0.1) is 69.7 Å². The molecule has 6 aliphatic rings. The predicted octanol–water partition coefficient (Wildman–Crippen LogP) is 5.01. The van der Waals surface area contributed by atoms with Crippen LogP contribution in [-0.2, 0) is 75.2 Å². The van der Waals surface area contributed by atoms with Crippen LogP contribution >= 0.6 is 7.82 Å². The zero-order valence-corrected chi connectivity index (χ0v) is 65.9. The Balaban J connectivity index is 0.000000659. The number of nitrogens with two attached hydrogens (primary N) is 8. The Kier molecular flexibility index (Phi) is 27.3. The van der Waals surface area contributed by atoms with E-state index in [0.717, 1.165) is 27.9 Å². The topological polar surface area (TPSA) is 562 Å². The van der Waals surface area contributed by atoms with Gasteiger partial charge in [0.15, 0.2) is 12.2 Å². The maximum Gasteiger partial charge on any atom is 0.472 e. The molecule has 2 aromatic heterocycles. The average Bonchev–Trinajstić information content (AvgIpc) is 1.52. The van der Waals surface area contributed by atoms with E-state index in [0.29, 0.717) is 52.4 Å². The molecular weight excluding hydrogens is 1480 g/mol. The summed E-state index contributed by atoms with van der Waals surface area (Å²) in [5.41, 5.74) is 49.1. The molecule has 5 fully saturated rings. The van der Waals surface area contributed by atoms with Gasteiger partial charge in [-0.2, -0.15) is 17.1 Å². The second-order valence-electron chi connectivity index (χ2n) is 31.5. The van der Waals surface area contributed by atoms with E-state index in [1.807, 2.05) is 106 Å². The molecule has 33 nitrogen and oxygen atoms in total. The fourth-order valence-corrected chi connectivity index (χ4v) is 18.8. The van der Waals surface area contributed by atoms with Crippen molar-refractivity contribution in [3.8, 4) is 17.2 Å². The number of imidazole rings is 1. The van der Waals surface area contributed by atoms with Crippen molar-refractivity contribution in [3.05, 3.63) is 128 Å². The van der Waals surface area contributed by atoms with Crippen molar-refractivity contribution in [3.63, 3.8) is 0 Å². The van der Waals surface area contributed by atoms with E-state index >= 15 is 0 Å². The number of hydrogen-bond acceptors (Lipinski definition) is 17. The molecule has 4 unspecified atom stereocenters. The SMILES string of the molecule is C/C1=C2/[N-][C@H]([C@H](CC(N)=O)[C@@]2(C)CCC(=O)NC[C@@H](C)OP(=O)(O)O[C@H]2[C@@H](O)[C@@H](n3cnc4cc(C)c(C)cc43)O[C@@H]2CO)[C@]2(C)[N-]C(/C(C)=C3\[N-]/C(=C\C4[N-]C1[C@@H](CCC(N)=O)C4(C)C)[C@@H](CCC(N)=O)[C@]3(C)CC(N)=O)[C@@H](CCC(N)=O)[C@]2(C)CC(N)=O.[C-]#Cc1ccc(-c2cn(CCN=C(N)N)nn2)cc1.[Co]. The normalized spacial score (nSPS) is 31.8. The number of aryl methyl sites for hydroxylation is 2. The molecule has 0 aliphatic carbocycles. The zero-order valence-electron chi connectivity index (χ0n) is 64.0. The van der Waals surface area contributed by atoms with Gasteiger partial charge in [0, 0.05) is 73.8 Å². The number of phosphoric acid groups is 1. The number of hydrogen-bond donors (Lipinski definition) is 12. The molecule has 0 saturated carbocycles. The first-order valence-electron chi connectivity index (χ1n) is 36.5. The molecule has 0 spiro atoms. The Morgan fingerprint density at radius 1 is 0.800 bits per heavy atom. The summed E-state index contributed by atoms with van der Waals surface area (Å²) >= 11 is 0. The number of nitrogens with one attached hydrogen (secondary N) is 1. The van der Waals surface area contributed by atoms with E-state index < -0.39 is 161 Å². The van der Waals surface area contributed by atoms with Gasteiger partial charge >= 0.3 is 7.82 Å². The third-order valence-electron chi connectivity index (χ3n) is 23.7. The Morgan fingerprint density at radius 3 is 2.02 bits per heavy atom. The molecule has 6 aliphatic heterocycles. The zero-order chi connectivity index (χ0) is 80.4. The number of aromatic nitrogens is 5. The number of carbonyl (C=O) groups is 7. The van der Waals surface area contributed by atoms with Gasteiger partial charge in [0.05, 0.1) is 49.4 Å². The molecule has 4 aromatic rings. The van der Waals surface area contributed by atoms with Gasteiger partial charge in [-0.3, -0.25) is 58.2 Å². The number of primary amides is 6. The minimum Gasteiger partial charge on any atom is -0.685 e. The Hall–Kier alpha value is -8.59. The summed E-state index contributed by atoms with van der Waals surface area (Å²) in [6.07, 6.45) is 4.86. The van der Waals surface area contributed by atoms with Gasteiger partial charge in [0.1, 0.15) is 24.0 Å². The fraction of sp³-hybridized carbons (Fsp3) is 0.587. The smallest absolute Gasteiger partial charge is 0.472 e. The van der Waals surface area contributed by atoms with Gasteiger partial charge in [-0.25, -0.2) is 9.55 Å². The quantitative estimate of drug-likeness (QED) is 0.0107. The molecule has 8 heterocycles. The van der Waals surface area contributed by atoms with E-state index in [1.165, 1.54) is 13.3 Å². The molecule has 18 atom stereocenters. The van der Waals surface area contributed by atoms with E-state index in [4.69, 9.17) is 87.3 Å². The maximum absolute atomic E-state index is 14.4. The summed E-state index contributed by atoms with van der Waals surface area (Å²) in [4.78, 5) is 113. The van der Waals surface area contributed by atoms with Crippen LogP contribution in [0.1, 0.15) is 156 Å². The van der Waals surface area contributed by atoms with E-state index in [1.54, 1.807) is 21.4 Å². The monoisotopic (exact) mass is 1590 g/mol. The molecule has 110 heavy (non-hydrogen) atoms. The molecule has 2 aromatic carbocycles. The number of aliphatic hydroxyl groups excluding tert-OH is 2. The predicted molar refractivity (Wildman–Crippen MR) is 405 cm³/mol. The molecule has 1 radical (unpaired) electrons. The Morgan fingerprint density at radius 2 is 1.42 bits per heavy atom. The van der Waals surface area contributed by atoms with Crippen LogP contribution in [0.3, 0.4) is 0 Å². The summed E-state index contributed by atoms with van der Waals surface area (Å²) in [7, 11) is -5.06. The van der Waals surface area contributed by atoms with Crippen LogP contribution in [0.4, 0.5) is 0 Å². The first-order chi connectivity index (χ1) is 51.0. The molecule has 603 valence electrons. The second kappa shape index (κ2) is 34.6. The number of rotatable bonds is 30. The largest absolute Gasteiger partial charge is 0.685 e. The number of aliphatic imine (C=N–C) groups is 1. The van der Waals surface area contributed by atoms with Crippen LogP contribution in [0.15, 0.2) is 88.2 Å².